The molecule has 0 bridgehead atoms. The van der Waals surface area contributed by atoms with Gasteiger partial charge in [-0.25, -0.2) is 0 Å². The zero-order valence-electron chi connectivity index (χ0n) is 52.6. The van der Waals surface area contributed by atoms with Crippen LogP contribution in [0.25, 0.3) is 0 Å². The number of carbonyl (C=O) groups excluding carboxylic acids is 2. The summed E-state index contributed by atoms with van der Waals surface area (Å²) in [5.41, 5.74) is 0. The van der Waals surface area contributed by atoms with E-state index in [1.807, 2.05) is 33.3 Å². The summed E-state index contributed by atoms with van der Waals surface area (Å²) < 4.78 is 30.4. The fourth-order valence-corrected chi connectivity index (χ4v) is 10.3. The van der Waals surface area contributed by atoms with Crippen LogP contribution in [0.4, 0.5) is 0 Å². The van der Waals surface area contributed by atoms with Crippen LogP contribution in [-0.2, 0) is 27.9 Å². The molecule has 460 valence electrons. The van der Waals surface area contributed by atoms with Gasteiger partial charge in [0, 0.05) is 12.8 Å². The maximum atomic E-state index is 13.6. The molecular weight excluding hydrogens is 1000 g/mol. The third kappa shape index (κ3) is 59.9. The first-order valence-electron chi connectivity index (χ1n) is 33.2. The van der Waals surface area contributed by atoms with E-state index < -0.39 is 26.6 Å². The van der Waals surface area contributed by atoms with Crippen molar-refractivity contribution in [2.24, 2.45) is 0 Å². The van der Waals surface area contributed by atoms with Crippen molar-refractivity contribution < 1.29 is 37.3 Å². The number of likely N-dealkylation sites (N-methyl/N-ethyl adjacent to an activating group) is 1. The second kappa shape index (κ2) is 58.6. The van der Waals surface area contributed by atoms with Crippen molar-refractivity contribution in [2.75, 3.05) is 40.9 Å². The first-order chi connectivity index (χ1) is 38.4. The third-order valence-corrected chi connectivity index (χ3v) is 15.6. The van der Waals surface area contributed by atoms with E-state index >= 15 is 0 Å². The minimum Gasteiger partial charge on any atom is -0.756 e. The van der Waals surface area contributed by atoms with Gasteiger partial charge in [0.25, 0.3) is 7.82 Å². The highest BCUT2D eigenvalue weighted by Crippen LogP contribution is 2.38. The first-order valence-corrected chi connectivity index (χ1v) is 34.7. The number of hydrogen-bond acceptors (Lipinski definition) is 7. The van der Waals surface area contributed by atoms with Crippen molar-refractivity contribution >= 4 is 19.7 Å². The van der Waals surface area contributed by atoms with E-state index in [2.05, 4.69) is 86.8 Å². The summed E-state index contributed by atoms with van der Waals surface area (Å²) in [6.07, 6.45) is 75.8. The lowest BCUT2D eigenvalue weighted by molar-refractivity contribution is -0.870. The number of phosphoric ester groups is 1. The molecule has 0 aliphatic rings. The maximum Gasteiger partial charge on any atom is 0.306 e. The molecule has 0 aromatic rings. The lowest BCUT2D eigenvalue weighted by Gasteiger charge is -2.30. The molecule has 0 rings (SSSR count). The van der Waals surface area contributed by atoms with Gasteiger partial charge in [0.05, 0.1) is 33.8 Å². The Kier molecular flexibility index (Phi) is 56.7. The number of amides is 1. The van der Waals surface area contributed by atoms with Gasteiger partial charge >= 0.3 is 5.97 Å². The summed E-state index contributed by atoms with van der Waals surface area (Å²) in [6, 6.07) is -0.894. The van der Waals surface area contributed by atoms with Crippen molar-refractivity contribution in [1.29, 1.82) is 0 Å². The highest BCUT2D eigenvalue weighted by molar-refractivity contribution is 7.45. The second-order valence-corrected chi connectivity index (χ2v) is 25.0. The van der Waals surface area contributed by atoms with E-state index in [1.165, 1.54) is 167 Å². The number of nitrogens with one attached hydrogen (secondary N) is 1. The smallest absolute Gasteiger partial charge is 0.306 e. The maximum absolute atomic E-state index is 13.6. The molecule has 1 amide bonds. The number of phosphoric acid groups is 1. The molecular formula is C69H127N2O7P. The normalized spacial score (nSPS) is 14.1. The Morgan fingerprint density at radius 3 is 1.22 bits per heavy atom. The van der Waals surface area contributed by atoms with Crippen LogP contribution in [0.5, 0.6) is 0 Å². The Labute approximate surface area is 489 Å². The highest BCUT2D eigenvalue weighted by atomic mass is 31.2. The average molecular weight is 1130 g/mol. The van der Waals surface area contributed by atoms with E-state index in [0.29, 0.717) is 17.4 Å². The molecule has 0 saturated carbocycles. The Hall–Kier alpha value is -2.55. The lowest BCUT2D eigenvalue weighted by Crippen LogP contribution is -2.47. The van der Waals surface area contributed by atoms with Gasteiger partial charge in [-0.15, -0.1) is 0 Å². The zero-order chi connectivity index (χ0) is 57.9. The summed E-state index contributed by atoms with van der Waals surface area (Å²) >= 11 is 0. The van der Waals surface area contributed by atoms with Crippen molar-refractivity contribution in [1.82, 2.24) is 5.32 Å². The van der Waals surface area contributed by atoms with Crippen molar-refractivity contribution in [3.63, 3.8) is 0 Å². The van der Waals surface area contributed by atoms with Gasteiger partial charge in [0.1, 0.15) is 19.3 Å². The van der Waals surface area contributed by atoms with Gasteiger partial charge in [0.2, 0.25) is 5.91 Å². The third-order valence-electron chi connectivity index (χ3n) is 14.7. The fraction of sp³-hybridized carbons (Fsp3) is 0.797. The molecule has 0 heterocycles. The molecule has 0 radical (unpaired) electrons. The minimum absolute atomic E-state index is 0.0248. The van der Waals surface area contributed by atoms with E-state index in [0.717, 1.165) is 103 Å². The topological polar surface area (TPSA) is 114 Å². The van der Waals surface area contributed by atoms with Gasteiger partial charge < -0.3 is 28.5 Å². The number of quaternary nitrogens is 1. The Bertz CT molecular complexity index is 1580. The van der Waals surface area contributed by atoms with E-state index in [1.54, 1.807) is 0 Å². The van der Waals surface area contributed by atoms with Gasteiger partial charge in [-0.2, -0.15) is 0 Å². The Morgan fingerprint density at radius 2 is 0.810 bits per heavy atom. The quantitative estimate of drug-likeness (QED) is 0.0212. The molecule has 3 unspecified atom stereocenters. The molecule has 9 nitrogen and oxygen atoms in total. The molecule has 0 spiro atoms. The molecule has 0 aromatic heterocycles. The molecule has 3 atom stereocenters. The van der Waals surface area contributed by atoms with Gasteiger partial charge in [-0.3, -0.25) is 14.2 Å². The average Bonchev–Trinajstić information content (AvgIpc) is 3.41. The standard InChI is InChI=1S/C69H127N2O7P/c1-7-10-13-16-19-22-25-28-30-32-33-34-35-36-37-39-41-44-47-50-53-56-59-62-69(73)78-67(60-57-54-51-48-45-42-27-24-21-18-15-12-9-3)66(65-77-79(74,75)76-64-63-71(4,5)6)70-68(72)61-58-55-52-49-46-43-40-38-31-29-26-23-20-17-14-11-8-2/h10,13,19,22,28,30,33-34,36-37,57,60,66-67H,7-9,11-12,14-18,20-21,23-27,29,31-32,35,38-56,58-59,61-65H2,1-6H3,(H-,70,72,74,75)/b13-10-,22-19-,30-28-,34-33-,37-36-,60-57+. The number of allylic oxidation sites excluding steroid dienone is 11. The largest absolute Gasteiger partial charge is 0.756 e. The predicted molar refractivity (Wildman–Crippen MR) is 339 cm³/mol. The minimum atomic E-state index is -4.70. The van der Waals surface area contributed by atoms with Crippen molar-refractivity contribution in [2.45, 2.75) is 315 Å². The van der Waals surface area contributed by atoms with Gasteiger partial charge in [-0.1, -0.05) is 287 Å². The summed E-state index contributed by atoms with van der Waals surface area (Å²) in [4.78, 5) is 40.1. The number of esters is 1. The van der Waals surface area contributed by atoms with Crippen LogP contribution in [0, 0.1) is 0 Å². The summed E-state index contributed by atoms with van der Waals surface area (Å²) in [7, 11) is 1.18. The van der Waals surface area contributed by atoms with Gasteiger partial charge in [-0.05, 0) is 76.7 Å². The highest BCUT2D eigenvalue weighted by Gasteiger charge is 2.27. The van der Waals surface area contributed by atoms with Crippen LogP contribution in [0.1, 0.15) is 303 Å². The number of hydrogen-bond donors (Lipinski definition) is 1. The Morgan fingerprint density at radius 1 is 0.456 bits per heavy atom. The van der Waals surface area contributed by atoms with Crippen molar-refractivity contribution in [3.05, 3.63) is 72.9 Å². The van der Waals surface area contributed by atoms with Crippen molar-refractivity contribution in [3.8, 4) is 0 Å². The van der Waals surface area contributed by atoms with E-state index in [4.69, 9.17) is 13.8 Å². The van der Waals surface area contributed by atoms with Crippen LogP contribution in [0.3, 0.4) is 0 Å². The van der Waals surface area contributed by atoms with Crippen LogP contribution >= 0.6 is 7.82 Å². The van der Waals surface area contributed by atoms with Crippen LogP contribution < -0.4 is 10.2 Å². The second-order valence-electron chi connectivity index (χ2n) is 23.6. The molecule has 10 heteroatoms. The summed E-state index contributed by atoms with van der Waals surface area (Å²) in [5, 5.41) is 3.04. The first kappa shape index (κ1) is 76.5. The van der Waals surface area contributed by atoms with Gasteiger partial charge in [0.15, 0.2) is 0 Å². The van der Waals surface area contributed by atoms with Crippen LogP contribution in [-0.4, -0.2) is 69.4 Å². The molecule has 0 aromatic carbocycles. The molecule has 0 fully saturated rings. The summed E-state index contributed by atoms with van der Waals surface area (Å²) in [5.74, 6) is -0.544. The number of unbranched alkanes of at least 4 members (excludes halogenated alkanes) is 34. The Balaban J connectivity index is 5.21. The lowest BCUT2D eigenvalue weighted by atomic mass is 10.0. The van der Waals surface area contributed by atoms with Crippen LogP contribution in [0.2, 0.25) is 0 Å². The molecule has 79 heavy (non-hydrogen) atoms. The molecule has 1 N–H and O–H groups in total. The number of nitrogens with zero attached hydrogens (tertiary/aromatic N) is 1. The monoisotopic (exact) mass is 1130 g/mol. The zero-order valence-corrected chi connectivity index (χ0v) is 53.5. The number of carbonyl (C=O) groups is 2. The fourth-order valence-electron chi connectivity index (χ4n) is 9.55. The number of rotatable bonds is 60. The van der Waals surface area contributed by atoms with E-state index in [9.17, 15) is 19.0 Å². The SMILES string of the molecule is CC/C=C\C/C=C\C/C=C\C/C=C\C/C=C\CCCCCCCCCC(=O)OC(/C=C/CCCCCCCCCCCCC)C(COP(=O)([O-])OCC[N+](C)(C)C)NC(=O)CCCCCCCCCCCCCCCCCCC. The van der Waals surface area contributed by atoms with E-state index in [-0.39, 0.29) is 24.9 Å². The number of ether oxygens (including phenoxy) is 1. The predicted octanol–water partition coefficient (Wildman–Crippen LogP) is 20.2. The molecule has 0 aliphatic heterocycles. The molecule has 0 saturated heterocycles. The summed E-state index contributed by atoms with van der Waals surface area (Å²) in [6.45, 7) is 6.75. The molecule has 0 aliphatic carbocycles. The van der Waals surface area contributed by atoms with Crippen LogP contribution in [0.15, 0.2) is 72.9 Å².